The van der Waals surface area contributed by atoms with Crippen LogP contribution in [0.4, 0.5) is 0 Å². The summed E-state index contributed by atoms with van der Waals surface area (Å²) in [5, 5.41) is 10.1. The van der Waals surface area contributed by atoms with Crippen molar-refractivity contribution in [1.82, 2.24) is 21.3 Å². The van der Waals surface area contributed by atoms with E-state index in [0.717, 1.165) is 11.9 Å². The zero-order valence-electron chi connectivity index (χ0n) is 15.6. The van der Waals surface area contributed by atoms with E-state index in [1.807, 2.05) is 12.1 Å². The van der Waals surface area contributed by atoms with E-state index in [-0.39, 0.29) is 6.04 Å². The lowest BCUT2D eigenvalue weighted by atomic mass is 10.1. The van der Waals surface area contributed by atoms with E-state index < -0.39 is 0 Å². The third-order valence-electron chi connectivity index (χ3n) is 4.17. The molecule has 0 aliphatic carbocycles. The molecule has 0 radical (unpaired) electrons. The van der Waals surface area contributed by atoms with Gasteiger partial charge in [0.2, 0.25) is 0 Å². The molecule has 0 saturated carbocycles. The van der Waals surface area contributed by atoms with Gasteiger partial charge in [0.05, 0.1) is 37.6 Å². The second-order valence-corrected chi connectivity index (χ2v) is 6.61. The van der Waals surface area contributed by atoms with Gasteiger partial charge in [-0.05, 0) is 12.1 Å². The number of hydrazine groups is 1. The highest BCUT2D eigenvalue weighted by Crippen LogP contribution is 2.36. The molecule has 0 amide bonds. The molecule has 3 N–H and O–H groups in total. The Morgan fingerprint density at radius 3 is 3.04 bits per heavy atom. The molecule has 1 fully saturated rings. The number of fused-ring (bicyclic) bond motifs is 1. The molecule has 3 rings (SSSR count). The number of nitrogens with zero attached hydrogens (tertiary/aromatic N) is 2. The van der Waals surface area contributed by atoms with Crippen molar-refractivity contribution in [2.24, 2.45) is 5.10 Å². The van der Waals surface area contributed by atoms with E-state index in [1.54, 1.807) is 20.2 Å². The number of benzene rings is 1. The Hall–Kier alpha value is -2.04. The summed E-state index contributed by atoms with van der Waals surface area (Å²) >= 11 is 11.7. The Kier molecular flexibility index (Phi) is 7.35. The van der Waals surface area contributed by atoms with Crippen molar-refractivity contribution in [3.8, 4) is 11.5 Å². The van der Waals surface area contributed by atoms with Gasteiger partial charge >= 0.3 is 0 Å². The van der Waals surface area contributed by atoms with E-state index >= 15 is 0 Å². The maximum absolute atomic E-state index is 6.61. The molecule has 28 heavy (non-hydrogen) atoms. The molecule has 2 aromatic rings. The van der Waals surface area contributed by atoms with Crippen LogP contribution in [-0.4, -0.2) is 62.6 Å². The fourth-order valence-electron chi connectivity index (χ4n) is 2.80. The zero-order valence-corrected chi connectivity index (χ0v) is 17.2. The molecule has 10 heteroatoms. The number of methoxy groups -OCH3 is 1. The number of aromatic nitrogens is 1. The summed E-state index contributed by atoms with van der Waals surface area (Å²) in [6, 6.07) is 5.57. The Balaban J connectivity index is 1.95. The molecule has 0 bridgehead atoms. The highest BCUT2D eigenvalue weighted by Gasteiger charge is 2.18. The van der Waals surface area contributed by atoms with Crippen LogP contribution in [0.2, 0.25) is 5.02 Å². The van der Waals surface area contributed by atoms with Gasteiger partial charge in [-0.1, -0.05) is 23.8 Å². The summed E-state index contributed by atoms with van der Waals surface area (Å²) in [6.07, 6.45) is 0. The van der Waals surface area contributed by atoms with Crippen molar-refractivity contribution < 1.29 is 14.2 Å². The molecular weight excluding hydrogens is 402 g/mol. The largest absolute Gasteiger partial charge is 0.496 e. The van der Waals surface area contributed by atoms with Crippen molar-refractivity contribution in [1.29, 1.82) is 0 Å². The lowest BCUT2D eigenvalue weighted by molar-refractivity contribution is 0.0593. The molecule has 1 aromatic heterocycles. The average Bonchev–Trinajstić information content (AvgIpc) is 2.74. The van der Waals surface area contributed by atoms with Gasteiger partial charge in [0.25, 0.3) is 0 Å². The van der Waals surface area contributed by atoms with Crippen LogP contribution in [0.25, 0.3) is 10.9 Å². The first-order valence-corrected chi connectivity index (χ1v) is 9.59. The van der Waals surface area contributed by atoms with Crippen LogP contribution in [0.15, 0.2) is 23.3 Å². The number of thiocarbonyl (C=S) groups is 1. The number of morpholine rings is 1. The third kappa shape index (κ3) is 4.68. The fourth-order valence-corrected chi connectivity index (χ4v) is 3.23. The lowest BCUT2D eigenvalue weighted by Gasteiger charge is -2.24. The Bertz CT molecular complexity index is 874. The van der Waals surface area contributed by atoms with Crippen molar-refractivity contribution in [3.63, 3.8) is 0 Å². The van der Waals surface area contributed by atoms with Crippen LogP contribution in [0.3, 0.4) is 0 Å². The molecule has 1 saturated heterocycles. The van der Waals surface area contributed by atoms with Crippen molar-refractivity contribution >= 4 is 45.8 Å². The summed E-state index contributed by atoms with van der Waals surface area (Å²) in [4.78, 5) is 4.63. The summed E-state index contributed by atoms with van der Waals surface area (Å²) in [6.45, 7) is 2.57. The first-order valence-electron chi connectivity index (χ1n) is 8.74. The normalized spacial score (nSPS) is 17.4. The molecule has 150 valence electrons. The summed E-state index contributed by atoms with van der Waals surface area (Å²) in [5.74, 6) is 1.16. The van der Waals surface area contributed by atoms with Crippen LogP contribution in [0.1, 0.15) is 5.69 Å². The van der Waals surface area contributed by atoms with Crippen LogP contribution < -0.4 is 25.8 Å². The maximum atomic E-state index is 6.61. The van der Waals surface area contributed by atoms with Gasteiger partial charge in [0, 0.05) is 30.4 Å². The van der Waals surface area contributed by atoms with E-state index in [9.17, 15) is 0 Å². The predicted octanol–water partition coefficient (Wildman–Crippen LogP) is 1.69. The van der Waals surface area contributed by atoms with Gasteiger partial charge in [0.1, 0.15) is 28.8 Å². The molecular formula is C18H22ClN5O3S. The molecule has 8 nitrogen and oxygen atoms in total. The van der Waals surface area contributed by atoms with Gasteiger partial charge in [-0.15, -0.1) is 0 Å². The number of hydrogen-bond acceptors (Lipinski definition) is 9. The summed E-state index contributed by atoms with van der Waals surface area (Å²) in [7, 11) is 3.29. The minimum atomic E-state index is 0.121. The van der Waals surface area contributed by atoms with Gasteiger partial charge in [-0.2, -0.15) is 5.10 Å². The number of ether oxygens (including phenoxy) is 3. The molecule has 1 aromatic carbocycles. The monoisotopic (exact) mass is 423 g/mol. The van der Waals surface area contributed by atoms with E-state index in [2.05, 4.69) is 26.4 Å². The second-order valence-electron chi connectivity index (χ2n) is 6.00. The van der Waals surface area contributed by atoms with E-state index in [0.29, 0.717) is 53.3 Å². The summed E-state index contributed by atoms with van der Waals surface area (Å²) < 4.78 is 16.9. The first kappa shape index (κ1) is 20.7. The van der Waals surface area contributed by atoms with Gasteiger partial charge in [0.15, 0.2) is 0 Å². The standard InChI is InChI=1S/C18H22ClN5O3S/c1-20-24-23-14(10-28)13-7-16(25-2)12-3-4-15(17(19)18(12)22-13)27-9-11-8-26-6-5-21-11/h3-4,7,10-11,20-21,24H,5-6,8-9H2,1-2H3/b23-14-. The predicted molar refractivity (Wildman–Crippen MR) is 114 cm³/mol. The number of rotatable bonds is 8. The zero-order chi connectivity index (χ0) is 19.9. The van der Waals surface area contributed by atoms with E-state index in [1.165, 1.54) is 5.37 Å². The minimum Gasteiger partial charge on any atom is -0.496 e. The highest BCUT2D eigenvalue weighted by atomic mass is 35.5. The fraction of sp³-hybridized carbons (Fsp3) is 0.389. The number of nitrogens with one attached hydrogen (secondary N) is 3. The Morgan fingerprint density at radius 1 is 1.50 bits per heavy atom. The molecule has 1 aliphatic rings. The molecule has 1 atom stereocenters. The van der Waals surface area contributed by atoms with Crippen molar-refractivity contribution in [2.45, 2.75) is 6.04 Å². The number of hydrazone groups is 1. The lowest BCUT2D eigenvalue weighted by Crippen LogP contribution is -2.44. The molecule has 1 aliphatic heterocycles. The topological polar surface area (TPSA) is 89.0 Å². The number of hydrogen-bond donors (Lipinski definition) is 3. The number of halogens is 1. The highest BCUT2D eigenvalue weighted by molar-refractivity contribution is 7.80. The van der Waals surface area contributed by atoms with E-state index in [4.69, 9.17) is 38.0 Å². The van der Waals surface area contributed by atoms with Crippen LogP contribution in [-0.2, 0) is 4.74 Å². The van der Waals surface area contributed by atoms with Crippen LogP contribution in [0, 0.1) is 0 Å². The van der Waals surface area contributed by atoms with Crippen molar-refractivity contribution in [3.05, 3.63) is 28.9 Å². The second kappa shape index (κ2) is 9.94. The average molecular weight is 424 g/mol. The van der Waals surface area contributed by atoms with Crippen LogP contribution >= 0.6 is 23.8 Å². The minimum absolute atomic E-state index is 0.121. The smallest absolute Gasteiger partial charge is 0.140 e. The van der Waals surface area contributed by atoms with Gasteiger partial charge in [-0.3, -0.25) is 0 Å². The molecule has 2 heterocycles. The Morgan fingerprint density at radius 2 is 2.36 bits per heavy atom. The van der Waals surface area contributed by atoms with Gasteiger partial charge < -0.3 is 19.5 Å². The maximum Gasteiger partial charge on any atom is 0.140 e. The SMILES string of the molecule is CNN/N=C(/C=S)c1cc(OC)c2ccc(OCC3COCCN3)c(Cl)c2n1. The quantitative estimate of drug-likeness (QED) is 0.336. The number of pyridine rings is 1. The van der Waals surface area contributed by atoms with Gasteiger partial charge in [-0.25, -0.2) is 15.9 Å². The molecule has 1 unspecified atom stereocenters. The molecule has 0 spiro atoms. The van der Waals surface area contributed by atoms with Crippen LogP contribution in [0.5, 0.6) is 11.5 Å². The first-order chi connectivity index (χ1) is 13.7. The van der Waals surface area contributed by atoms with Crippen molar-refractivity contribution in [2.75, 3.05) is 40.5 Å². The Labute approximate surface area is 173 Å². The summed E-state index contributed by atoms with van der Waals surface area (Å²) in [5.41, 5.74) is 6.91. The third-order valence-corrected chi connectivity index (χ3v) is 4.76.